The molecule has 1 atom stereocenters. The van der Waals surface area contributed by atoms with Crippen molar-refractivity contribution in [2.45, 2.75) is 19.6 Å². The smallest absolute Gasteiger partial charge is 0.308 e. The van der Waals surface area contributed by atoms with Crippen LogP contribution in [0.5, 0.6) is 5.75 Å². The van der Waals surface area contributed by atoms with E-state index in [0.29, 0.717) is 23.9 Å². The summed E-state index contributed by atoms with van der Waals surface area (Å²) < 4.78 is 5.78. The summed E-state index contributed by atoms with van der Waals surface area (Å²) in [5.41, 5.74) is 1.92. The largest absolute Gasteiger partial charge is 0.489 e. The minimum absolute atomic E-state index is 0.0715. The lowest BCUT2D eigenvalue weighted by Crippen LogP contribution is -2.25. The summed E-state index contributed by atoms with van der Waals surface area (Å²) in [6.07, 6.45) is 0.0715. The van der Waals surface area contributed by atoms with E-state index in [4.69, 9.17) is 21.4 Å². The van der Waals surface area contributed by atoms with Crippen LogP contribution in [0, 0.1) is 5.92 Å². The zero-order chi connectivity index (χ0) is 17.8. The Hall–Kier alpha value is -2.53. The van der Waals surface area contributed by atoms with Gasteiger partial charge in [-0.25, -0.2) is 0 Å². The number of halogens is 1. The van der Waals surface area contributed by atoms with Gasteiger partial charge in [-0.3, -0.25) is 9.59 Å². The lowest BCUT2D eigenvalue weighted by Gasteiger charge is -2.16. The Morgan fingerprint density at radius 2 is 1.96 bits per heavy atom. The van der Waals surface area contributed by atoms with Gasteiger partial charge in [0.1, 0.15) is 12.4 Å². The fourth-order valence-corrected chi connectivity index (χ4v) is 2.92. The molecule has 1 fully saturated rings. The topological polar surface area (TPSA) is 66.8 Å². The summed E-state index contributed by atoms with van der Waals surface area (Å²) in [4.78, 5) is 24.6. The molecule has 0 spiro atoms. The van der Waals surface area contributed by atoms with Crippen molar-refractivity contribution >= 4 is 23.5 Å². The summed E-state index contributed by atoms with van der Waals surface area (Å²) in [5, 5.41) is 9.73. The SMILES string of the molecule is O=C(O)C1CC(=O)N(Cc2cccc(OCc3ccc(Cl)cc3)c2)C1. The van der Waals surface area contributed by atoms with Crippen LogP contribution in [-0.4, -0.2) is 28.4 Å². The van der Waals surface area contributed by atoms with E-state index in [0.717, 1.165) is 11.1 Å². The molecule has 1 amide bonds. The molecule has 0 bridgehead atoms. The van der Waals surface area contributed by atoms with Crippen LogP contribution in [0.2, 0.25) is 5.02 Å². The molecule has 0 radical (unpaired) electrons. The van der Waals surface area contributed by atoms with Crippen molar-refractivity contribution in [3.05, 3.63) is 64.7 Å². The maximum Gasteiger partial charge on any atom is 0.308 e. The molecular weight excluding hydrogens is 342 g/mol. The Morgan fingerprint density at radius 3 is 2.64 bits per heavy atom. The summed E-state index contributed by atoms with van der Waals surface area (Å²) in [5.74, 6) is -0.957. The number of carbonyl (C=O) groups excluding carboxylic acids is 1. The molecule has 0 aromatic heterocycles. The van der Waals surface area contributed by atoms with Crippen molar-refractivity contribution in [2.75, 3.05) is 6.54 Å². The lowest BCUT2D eigenvalue weighted by atomic mass is 10.1. The summed E-state index contributed by atoms with van der Waals surface area (Å²) in [7, 11) is 0. The molecule has 5 nitrogen and oxygen atoms in total. The van der Waals surface area contributed by atoms with Crippen molar-refractivity contribution in [1.29, 1.82) is 0 Å². The van der Waals surface area contributed by atoms with E-state index in [1.807, 2.05) is 48.5 Å². The number of amides is 1. The average molecular weight is 360 g/mol. The highest BCUT2D eigenvalue weighted by molar-refractivity contribution is 6.30. The zero-order valence-corrected chi connectivity index (χ0v) is 14.3. The fourth-order valence-electron chi connectivity index (χ4n) is 2.79. The number of hydrogen-bond acceptors (Lipinski definition) is 3. The van der Waals surface area contributed by atoms with Gasteiger partial charge in [0.25, 0.3) is 0 Å². The minimum atomic E-state index is -0.920. The monoisotopic (exact) mass is 359 g/mol. The van der Waals surface area contributed by atoms with E-state index in [2.05, 4.69) is 0 Å². The summed E-state index contributed by atoms with van der Waals surface area (Å²) in [6.45, 7) is 1.06. The first-order valence-corrected chi connectivity index (χ1v) is 8.36. The standard InChI is InChI=1S/C19H18ClNO4/c20-16-6-4-13(5-7-16)12-25-17-3-1-2-14(8-17)10-21-11-15(19(23)24)9-18(21)22/h1-8,15H,9-12H2,(H,23,24). The highest BCUT2D eigenvalue weighted by Crippen LogP contribution is 2.22. The molecule has 1 heterocycles. The first-order chi connectivity index (χ1) is 12.0. The molecule has 1 aliphatic rings. The quantitative estimate of drug-likeness (QED) is 0.858. The van der Waals surface area contributed by atoms with Gasteiger partial charge in [-0.05, 0) is 35.4 Å². The highest BCUT2D eigenvalue weighted by atomic mass is 35.5. The number of carboxylic acid groups (broad SMARTS) is 1. The first-order valence-electron chi connectivity index (χ1n) is 7.98. The first kappa shape index (κ1) is 17.3. The molecule has 3 rings (SSSR count). The van der Waals surface area contributed by atoms with Crippen molar-refractivity contribution < 1.29 is 19.4 Å². The van der Waals surface area contributed by atoms with Crippen LogP contribution in [-0.2, 0) is 22.7 Å². The molecule has 0 saturated carbocycles. The molecule has 6 heteroatoms. The van der Waals surface area contributed by atoms with Crippen LogP contribution in [0.25, 0.3) is 0 Å². The predicted octanol–water partition coefficient (Wildman–Crippen LogP) is 3.35. The molecule has 130 valence electrons. The molecule has 1 unspecified atom stereocenters. The third-order valence-electron chi connectivity index (χ3n) is 4.15. The Kier molecular flexibility index (Phi) is 5.24. The molecule has 1 aliphatic heterocycles. The summed E-state index contributed by atoms with van der Waals surface area (Å²) >= 11 is 5.86. The van der Waals surface area contributed by atoms with E-state index in [1.165, 1.54) is 0 Å². The number of ether oxygens (including phenoxy) is 1. The van der Waals surface area contributed by atoms with Crippen LogP contribution in [0.15, 0.2) is 48.5 Å². The highest BCUT2D eigenvalue weighted by Gasteiger charge is 2.34. The number of aliphatic carboxylic acids is 1. The van der Waals surface area contributed by atoms with Gasteiger partial charge in [-0.1, -0.05) is 35.9 Å². The second-order valence-corrected chi connectivity index (χ2v) is 6.51. The van der Waals surface area contributed by atoms with E-state index >= 15 is 0 Å². The maximum absolute atomic E-state index is 11.9. The van der Waals surface area contributed by atoms with Gasteiger partial charge in [0, 0.05) is 24.5 Å². The predicted molar refractivity (Wildman–Crippen MR) is 93.4 cm³/mol. The fraction of sp³-hybridized carbons (Fsp3) is 0.263. The molecule has 1 N–H and O–H groups in total. The van der Waals surface area contributed by atoms with E-state index < -0.39 is 11.9 Å². The van der Waals surface area contributed by atoms with E-state index in [-0.39, 0.29) is 18.9 Å². The van der Waals surface area contributed by atoms with Gasteiger partial charge in [-0.2, -0.15) is 0 Å². The Labute approximate surface area is 150 Å². The Balaban J connectivity index is 1.60. The number of carboxylic acids is 1. The van der Waals surface area contributed by atoms with Gasteiger partial charge in [-0.15, -0.1) is 0 Å². The second-order valence-electron chi connectivity index (χ2n) is 6.08. The normalized spacial score (nSPS) is 16.9. The Morgan fingerprint density at radius 1 is 1.20 bits per heavy atom. The number of likely N-dealkylation sites (tertiary alicyclic amines) is 1. The number of rotatable bonds is 6. The Bertz CT molecular complexity index is 775. The van der Waals surface area contributed by atoms with E-state index in [9.17, 15) is 9.59 Å². The van der Waals surface area contributed by atoms with Gasteiger partial charge < -0.3 is 14.7 Å². The molecular formula is C19H18ClNO4. The molecule has 2 aromatic rings. The number of nitrogens with zero attached hydrogens (tertiary/aromatic N) is 1. The zero-order valence-electron chi connectivity index (χ0n) is 13.5. The van der Waals surface area contributed by atoms with Gasteiger partial charge in [0.05, 0.1) is 5.92 Å². The van der Waals surface area contributed by atoms with Crippen LogP contribution in [0.4, 0.5) is 0 Å². The molecule has 25 heavy (non-hydrogen) atoms. The lowest BCUT2D eigenvalue weighted by molar-refractivity contribution is -0.141. The van der Waals surface area contributed by atoms with Crippen LogP contribution >= 0.6 is 11.6 Å². The van der Waals surface area contributed by atoms with Crippen molar-refractivity contribution in [2.24, 2.45) is 5.92 Å². The van der Waals surface area contributed by atoms with Crippen LogP contribution in [0.1, 0.15) is 17.5 Å². The second kappa shape index (κ2) is 7.57. The number of carbonyl (C=O) groups is 2. The van der Waals surface area contributed by atoms with Gasteiger partial charge in [0.2, 0.25) is 5.91 Å². The van der Waals surface area contributed by atoms with Crippen molar-refractivity contribution in [3.8, 4) is 5.75 Å². The number of benzene rings is 2. The van der Waals surface area contributed by atoms with Crippen LogP contribution < -0.4 is 4.74 Å². The third kappa shape index (κ3) is 4.51. The maximum atomic E-state index is 11.9. The molecule has 0 aliphatic carbocycles. The molecule has 2 aromatic carbocycles. The van der Waals surface area contributed by atoms with E-state index in [1.54, 1.807) is 4.90 Å². The minimum Gasteiger partial charge on any atom is -0.489 e. The number of hydrogen-bond donors (Lipinski definition) is 1. The van der Waals surface area contributed by atoms with Crippen LogP contribution in [0.3, 0.4) is 0 Å². The van der Waals surface area contributed by atoms with Gasteiger partial charge >= 0.3 is 5.97 Å². The van der Waals surface area contributed by atoms with Crippen molar-refractivity contribution in [1.82, 2.24) is 4.90 Å². The third-order valence-corrected chi connectivity index (χ3v) is 4.41. The average Bonchev–Trinajstić information content (AvgIpc) is 2.96. The molecule has 1 saturated heterocycles. The van der Waals surface area contributed by atoms with Crippen molar-refractivity contribution in [3.63, 3.8) is 0 Å². The summed E-state index contributed by atoms with van der Waals surface area (Å²) in [6, 6.07) is 14.9. The van der Waals surface area contributed by atoms with Gasteiger partial charge in [0.15, 0.2) is 0 Å².